The third-order valence-electron chi connectivity index (χ3n) is 14.7. The van der Waals surface area contributed by atoms with E-state index in [1.165, 1.54) is 0 Å². The zero-order valence-corrected chi connectivity index (χ0v) is 29.1. The van der Waals surface area contributed by atoms with Crippen LogP contribution >= 0.6 is 0 Å². The molecule has 0 radical (unpaired) electrons. The molecule has 5 fully saturated rings. The van der Waals surface area contributed by atoms with E-state index in [9.17, 15) is 35.7 Å². The molecule has 5 rings (SSSR count). The topological polar surface area (TPSA) is 179 Å². The number of rotatable bonds is 9. The van der Waals surface area contributed by atoms with Gasteiger partial charge < -0.3 is 54.7 Å². The third-order valence-corrected chi connectivity index (χ3v) is 14.7. The summed E-state index contributed by atoms with van der Waals surface area (Å²) in [5.41, 5.74) is -2.38. The molecule has 268 valence electrons. The van der Waals surface area contributed by atoms with Gasteiger partial charge >= 0.3 is 0 Å². The first kappa shape index (κ1) is 36.8. The van der Waals surface area contributed by atoms with Gasteiger partial charge in [0.25, 0.3) is 0 Å². The van der Waals surface area contributed by atoms with Gasteiger partial charge in [0, 0.05) is 20.6 Å². The molecule has 11 heteroatoms. The van der Waals surface area contributed by atoms with Crippen molar-refractivity contribution in [2.75, 3.05) is 20.8 Å². The largest absolute Gasteiger partial charge is 0.394 e. The fraction of sp³-hybridized carbons (Fsp3) is 1.00. The van der Waals surface area contributed by atoms with Crippen LogP contribution in [0.4, 0.5) is 0 Å². The molecule has 46 heavy (non-hydrogen) atoms. The minimum absolute atomic E-state index is 0.0915. The molecule has 0 aromatic rings. The molecule has 1 heterocycles. The molecule has 1 saturated heterocycles. The number of aliphatic hydroxyl groups excluding tert-OH is 7. The second kappa shape index (κ2) is 12.7. The SMILES string of the molecule is COC(CC[C@](C)(O[C@@H]1O[C@H](CO)[C@@H](O)[C@H](O)[C@H]1O)[C@H]1CC[C@]2(C)[C@@H]1[C@H](O)C[C@@H]1[C@@]3(C)CC[C@H](O)C(C)(C)[C@@H]3[C@@H](O)C[C@]12C)OC. The number of hydrogen-bond donors (Lipinski definition) is 7. The molecule has 0 unspecified atom stereocenters. The fourth-order valence-electron chi connectivity index (χ4n) is 12.1. The maximum Gasteiger partial charge on any atom is 0.187 e. The summed E-state index contributed by atoms with van der Waals surface area (Å²) < 4.78 is 23.5. The van der Waals surface area contributed by atoms with Crippen molar-refractivity contribution in [3.8, 4) is 0 Å². The summed E-state index contributed by atoms with van der Waals surface area (Å²) >= 11 is 0. The van der Waals surface area contributed by atoms with Gasteiger partial charge in [-0.05, 0) is 97.2 Å². The average Bonchev–Trinajstić information content (AvgIpc) is 3.38. The van der Waals surface area contributed by atoms with Gasteiger partial charge in [-0.1, -0.05) is 34.6 Å². The van der Waals surface area contributed by atoms with Crippen molar-refractivity contribution in [1.29, 1.82) is 0 Å². The van der Waals surface area contributed by atoms with Crippen LogP contribution < -0.4 is 0 Å². The van der Waals surface area contributed by atoms with Gasteiger partial charge in [0.05, 0.1) is 30.5 Å². The highest BCUT2D eigenvalue weighted by Gasteiger charge is 2.73. The second-order valence-electron chi connectivity index (χ2n) is 17.1. The van der Waals surface area contributed by atoms with Crippen LogP contribution in [-0.2, 0) is 18.9 Å². The van der Waals surface area contributed by atoms with Crippen molar-refractivity contribution in [1.82, 2.24) is 0 Å². The minimum atomic E-state index is -1.57. The molecule has 11 nitrogen and oxygen atoms in total. The summed E-state index contributed by atoms with van der Waals surface area (Å²) in [7, 11) is 3.13. The first-order valence-electron chi connectivity index (χ1n) is 17.4. The number of methoxy groups -OCH3 is 2. The number of fused-ring (bicyclic) bond motifs is 5. The Kier molecular flexibility index (Phi) is 10.2. The van der Waals surface area contributed by atoms with Gasteiger partial charge in [-0.2, -0.15) is 0 Å². The highest BCUT2D eigenvalue weighted by Crippen LogP contribution is 2.76. The summed E-state index contributed by atoms with van der Waals surface area (Å²) in [6, 6.07) is 0. The van der Waals surface area contributed by atoms with E-state index in [2.05, 4.69) is 34.6 Å². The summed E-state index contributed by atoms with van der Waals surface area (Å²) in [4.78, 5) is 0. The van der Waals surface area contributed by atoms with Crippen molar-refractivity contribution in [3.63, 3.8) is 0 Å². The smallest absolute Gasteiger partial charge is 0.187 e. The predicted molar refractivity (Wildman–Crippen MR) is 168 cm³/mol. The van der Waals surface area contributed by atoms with Crippen LogP contribution in [0, 0.1) is 45.3 Å². The average molecular weight is 659 g/mol. The molecule has 4 saturated carbocycles. The Morgan fingerprint density at radius 2 is 1.50 bits per heavy atom. The Hall–Kier alpha value is -0.440. The lowest BCUT2D eigenvalue weighted by Crippen LogP contribution is -2.70. The first-order chi connectivity index (χ1) is 21.4. The van der Waals surface area contributed by atoms with Crippen molar-refractivity contribution in [2.24, 2.45) is 45.3 Å². The maximum atomic E-state index is 12.3. The van der Waals surface area contributed by atoms with E-state index in [1.54, 1.807) is 14.2 Å². The second-order valence-corrected chi connectivity index (χ2v) is 17.1. The fourth-order valence-corrected chi connectivity index (χ4v) is 12.1. The highest BCUT2D eigenvalue weighted by atomic mass is 16.7. The van der Waals surface area contributed by atoms with Crippen LogP contribution in [0.15, 0.2) is 0 Å². The standard InChI is InChI=1S/C35H62O11/c1-31(2)23(39)10-12-32(3)22-15-19(37)25-18(9-13-33(25,4)34(22,5)16-20(38)29(31)32)35(6,14-11-24(43-7)44-8)46-30-28(42)27(41)26(40)21(17-36)45-30/h18-30,36-42H,9-17H2,1-8H3/t18-,19+,20-,21+,22+,23-,25-,26+,27-,28+,29-,30-,32+,33+,34+,35-/m0/s1. The molecule has 0 aromatic heterocycles. The summed E-state index contributed by atoms with van der Waals surface area (Å²) in [6.45, 7) is 12.4. The van der Waals surface area contributed by atoms with E-state index >= 15 is 0 Å². The maximum absolute atomic E-state index is 12.3. The monoisotopic (exact) mass is 658 g/mol. The van der Waals surface area contributed by atoms with E-state index in [0.717, 1.165) is 19.3 Å². The van der Waals surface area contributed by atoms with Crippen LogP contribution in [0.25, 0.3) is 0 Å². The molecule has 0 spiro atoms. The lowest BCUT2D eigenvalue weighted by molar-refractivity contribution is -0.337. The third kappa shape index (κ3) is 5.43. The Morgan fingerprint density at radius 3 is 2.11 bits per heavy atom. The Balaban J connectivity index is 1.51. The van der Waals surface area contributed by atoms with Gasteiger partial charge in [-0.25, -0.2) is 0 Å². The number of ether oxygens (including phenoxy) is 4. The number of aliphatic hydroxyl groups is 7. The minimum Gasteiger partial charge on any atom is -0.394 e. The molecule has 0 bridgehead atoms. The summed E-state index contributed by atoms with van der Waals surface area (Å²) in [5.74, 6) is -0.355. The highest BCUT2D eigenvalue weighted by molar-refractivity contribution is 5.21. The van der Waals surface area contributed by atoms with Gasteiger partial charge in [0.15, 0.2) is 12.6 Å². The van der Waals surface area contributed by atoms with E-state index in [1.807, 2.05) is 6.92 Å². The Morgan fingerprint density at radius 1 is 0.848 bits per heavy atom. The van der Waals surface area contributed by atoms with Crippen LogP contribution in [0.5, 0.6) is 0 Å². The summed E-state index contributed by atoms with van der Waals surface area (Å²) in [5, 5.41) is 77.0. The van der Waals surface area contributed by atoms with E-state index < -0.39 is 72.9 Å². The number of hydrogen-bond acceptors (Lipinski definition) is 11. The normalized spacial score (nSPS) is 51.7. The van der Waals surface area contributed by atoms with Crippen molar-refractivity contribution in [2.45, 2.75) is 154 Å². The van der Waals surface area contributed by atoms with E-state index in [4.69, 9.17) is 18.9 Å². The molecular formula is C35H62O11. The van der Waals surface area contributed by atoms with Crippen LogP contribution in [0.3, 0.4) is 0 Å². The molecule has 0 amide bonds. The molecule has 0 aromatic carbocycles. The van der Waals surface area contributed by atoms with Gasteiger partial charge in [-0.15, -0.1) is 0 Å². The molecule has 5 aliphatic rings. The van der Waals surface area contributed by atoms with Crippen molar-refractivity contribution >= 4 is 0 Å². The van der Waals surface area contributed by atoms with Crippen molar-refractivity contribution in [3.05, 3.63) is 0 Å². The quantitative estimate of drug-likeness (QED) is 0.180. The lowest BCUT2D eigenvalue weighted by Gasteiger charge is -2.71. The van der Waals surface area contributed by atoms with Crippen LogP contribution in [0.1, 0.15) is 92.9 Å². The predicted octanol–water partition coefficient (Wildman–Crippen LogP) is 1.95. The lowest BCUT2D eigenvalue weighted by atomic mass is 9.34. The van der Waals surface area contributed by atoms with Crippen molar-refractivity contribution < 1.29 is 54.7 Å². The van der Waals surface area contributed by atoms with Gasteiger partial charge in [0.1, 0.15) is 24.4 Å². The van der Waals surface area contributed by atoms with Crippen LogP contribution in [0.2, 0.25) is 0 Å². The molecule has 7 N–H and O–H groups in total. The summed E-state index contributed by atoms with van der Waals surface area (Å²) in [6.07, 6.45) is -4.29. The van der Waals surface area contributed by atoms with Crippen LogP contribution in [-0.4, -0.2) is 117 Å². The first-order valence-corrected chi connectivity index (χ1v) is 17.4. The molecular weight excluding hydrogens is 596 g/mol. The molecule has 1 aliphatic heterocycles. The Bertz CT molecular complexity index is 1070. The zero-order chi connectivity index (χ0) is 34.2. The van der Waals surface area contributed by atoms with Gasteiger partial charge in [0.2, 0.25) is 0 Å². The van der Waals surface area contributed by atoms with E-state index in [0.29, 0.717) is 32.1 Å². The van der Waals surface area contributed by atoms with E-state index in [-0.39, 0.29) is 39.9 Å². The van der Waals surface area contributed by atoms with Gasteiger partial charge in [-0.3, -0.25) is 0 Å². The molecule has 4 aliphatic carbocycles. The Labute approximate surface area is 274 Å². The zero-order valence-electron chi connectivity index (χ0n) is 29.1. The molecule has 16 atom stereocenters.